The van der Waals surface area contributed by atoms with Crippen LogP contribution in [0.1, 0.15) is 0 Å². The Morgan fingerprint density at radius 1 is 0.786 bits per heavy atom. The van der Waals surface area contributed by atoms with Crippen LogP contribution < -0.4 is 0 Å². The molecule has 4 aromatic rings. The van der Waals surface area contributed by atoms with E-state index in [9.17, 15) is 19.0 Å². The van der Waals surface area contributed by atoms with E-state index in [0.29, 0.717) is 21.8 Å². The van der Waals surface area contributed by atoms with Gasteiger partial charge in [0.25, 0.3) is 5.11 Å². The molecule has 0 atom stereocenters. The number of nitrogens with one attached hydrogen (secondary N) is 2. The van der Waals surface area contributed by atoms with Gasteiger partial charge in [0.1, 0.15) is 11.6 Å². The van der Waals surface area contributed by atoms with E-state index in [1.165, 1.54) is 36.4 Å². The first kappa shape index (κ1) is 17.7. The minimum Gasteiger partial charge on any atom is -0.493 e. The summed E-state index contributed by atoms with van der Waals surface area (Å²) in [4.78, 5) is 5.26. The van der Waals surface area contributed by atoms with Crippen molar-refractivity contribution in [1.29, 1.82) is 0 Å². The van der Waals surface area contributed by atoms with E-state index in [0.717, 1.165) is 0 Å². The number of H-pyrrole nitrogens is 2. The third-order valence-corrected chi connectivity index (χ3v) is 4.06. The number of aromatic hydroxyl groups is 2. The molecule has 0 unspecified atom stereocenters. The van der Waals surface area contributed by atoms with Gasteiger partial charge in [0, 0.05) is 10.8 Å². The maximum absolute atomic E-state index is 13.4. The number of hydrogen-bond acceptors (Lipinski definition) is 5. The van der Waals surface area contributed by atoms with Gasteiger partial charge in [0.2, 0.25) is 11.8 Å². The Bertz CT molecular complexity index is 1200. The van der Waals surface area contributed by atoms with Crippen molar-refractivity contribution in [2.24, 2.45) is 20.5 Å². The molecular formula is C17H10F2N6O2S. The van der Waals surface area contributed by atoms with E-state index in [1.54, 1.807) is 0 Å². The third kappa shape index (κ3) is 3.18. The third-order valence-electron chi connectivity index (χ3n) is 3.90. The highest BCUT2D eigenvalue weighted by Gasteiger charge is 2.13. The molecule has 28 heavy (non-hydrogen) atoms. The number of aromatic nitrogens is 2. The highest BCUT2D eigenvalue weighted by Crippen LogP contribution is 2.37. The molecule has 0 fully saturated rings. The van der Waals surface area contributed by atoms with E-state index in [2.05, 4.69) is 30.4 Å². The van der Waals surface area contributed by atoms with E-state index in [4.69, 9.17) is 12.2 Å². The topological polar surface area (TPSA) is 121 Å². The van der Waals surface area contributed by atoms with Gasteiger partial charge in [-0.1, -0.05) is 0 Å². The van der Waals surface area contributed by atoms with Crippen molar-refractivity contribution in [1.82, 2.24) is 9.97 Å². The zero-order chi connectivity index (χ0) is 19.8. The smallest absolute Gasteiger partial charge is 0.259 e. The number of fused-ring (bicyclic) bond motifs is 2. The molecule has 8 nitrogen and oxygen atoms in total. The number of rotatable bonds is 2. The fourth-order valence-corrected chi connectivity index (χ4v) is 2.76. The highest BCUT2D eigenvalue weighted by molar-refractivity contribution is 7.80. The maximum Gasteiger partial charge on any atom is 0.259 e. The molecule has 0 amide bonds. The van der Waals surface area contributed by atoms with Gasteiger partial charge in [-0.3, -0.25) is 0 Å². The first-order chi connectivity index (χ1) is 13.4. The molecule has 0 aliphatic heterocycles. The van der Waals surface area contributed by atoms with Crippen molar-refractivity contribution in [2.75, 3.05) is 0 Å². The summed E-state index contributed by atoms with van der Waals surface area (Å²) < 4.78 is 26.8. The molecule has 0 radical (unpaired) electrons. The second-order valence-corrected chi connectivity index (χ2v) is 6.07. The fraction of sp³-hybridized carbons (Fsp3) is 0. The molecule has 0 saturated heterocycles. The predicted octanol–water partition coefficient (Wildman–Crippen LogP) is 5.49. The van der Waals surface area contributed by atoms with Crippen molar-refractivity contribution in [3.63, 3.8) is 0 Å². The van der Waals surface area contributed by atoms with Crippen LogP contribution in [-0.4, -0.2) is 25.3 Å². The molecule has 0 aliphatic carbocycles. The summed E-state index contributed by atoms with van der Waals surface area (Å²) in [5, 5.41) is 35.0. The van der Waals surface area contributed by atoms with Gasteiger partial charge < -0.3 is 20.2 Å². The molecule has 4 N–H and O–H groups in total. The summed E-state index contributed by atoms with van der Waals surface area (Å²) in [5.74, 6) is -1.64. The fourth-order valence-electron chi connectivity index (χ4n) is 2.68. The standard InChI is InChI=1S/C17H10F2N6O2S/c18-7-1-3-11-9(5-7)13(15(26)20-11)22-24-17(28)25-23-14-10-6-8(19)2-4-12(10)21-16(14)27/h1-6,20-21,26-27H. The maximum atomic E-state index is 13.4. The Hall–Kier alpha value is -3.73. The van der Waals surface area contributed by atoms with Crippen LogP contribution in [0.5, 0.6) is 11.8 Å². The highest BCUT2D eigenvalue weighted by atomic mass is 32.1. The number of halogens is 2. The van der Waals surface area contributed by atoms with Crippen LogP contribution in [0.3, 0.4) is 0 Å². The molecule has 0 spiro atoms. The first-order valence-electron chi connectivity index (χ1n) is 7.80. The summed E-state index contributed by atoms with van der Waals surface area (Å²) in [5.41, 5.74) is 0.908. The van der Waals surface area contributed by atoms with Gasteiger partial charge in [-0.2, -0.15) is 0 Å². The molecule has 2 aromatic carbocycles. The number of benzene rings is 2. The largest absolute Gasteiger partial charge is 0.493 e. The lowest BCUT2D eigenvalue weighted by molar-refractivity contribution is 0.459. The molecule has 2 heterocycles. The Morgan fingerprint density at radius 2 is 1.21 bits per heavy atom. The second kappa shape index (κ2) is 6.78. The summed E-state index contributed by atoms with van der Waals surface area (Å²) in [7, 11) is 0. The van der Waals surface area contributed by atoms with E-state index < -0.39 is 11.6 Å². The number of hydrogen-bond donors (Lipinski definition) is 4. The monoisotopic (exact) mass is 400 g/mol. The van der Waals surface area contributed by atoms with E-state index in [-0.39, 0.29) is 28.2 Å². The minimum atomic E-state index is -0.507. The minimum absolute atomic E-state index is 0.0101. The van der Waals surface area contributed by atoms with E-state index in [1.807, 2.05) is 0 Å². The van der Waals surface area contributed by atoms with Gasteiger partial charge in [-0.15, -0.1) is 20.5 Å². The Labute approximate surface area is 160 Å². The van der Waals surface area contributed by atoms with Crippen LogP contribution in [0.2, 0.25) is 0 Å². The van der Waals surface area contributed by atoms with Gasteiger partial charge in [-0.25, -0.2) is 8.78 Å². The number of azo groups is 2. The summed E-state index contributed by atoms with van der Waals surface area (Å²) >= 11 is 4.93. The Kier molecular flexibility index (Phi) is 4.28. The Balaban J connectivity index is 1.62. The molecule has 2 aromatic heterocycles. The summed E-state index contributed by atoms with van der Waals surface area (Å²) in [6.45, 7) is 0. The number of nitrogens with zero attached hydrogens (tertiary/aromatic N) is 4. The van der Waals surface area contributed by atoms with Gasteiger partial charge in [-0.05, 0) is 48.6 Å². The molecule has 11 heteroatoms. The number of aromatic amines is 2. The lowest BCUT2D eigenvalue weighted by atomic mass is 10.2. The molecule has 4 rings (SSSR count). The normalized spacial score (nSPS) is 12.1. The summed E-state index contributed by atoms with van der Waals surface area (Å²) in [6.07, 6.45) is 0. The quantitative estimate of drug-likeness (QED) is 0.263. The lowest BCUT2D eigenvalue weighted by Gasteiger charge is -1.93. The zero-order valence-corrected chi connectivity index (χ0v) is 14.6. The molecule has 140 valence electrons. The zero-order valence-electron chi connectivity index (χ0n) is 13.8. The van der Waals surface area contributed by atoms with Crippen LogP contribution in [0.15, 0.2) is 56.9 Å². The molecule has 0 bridgehead atoms. The molecule has 0 aliphatic rings. The van der Waals surface area contributed by atoms with Crippen molar-refractivity contribution < 1.29 is 19.0 Å². The van der Waals surface area contributed by atoms with Crippen molar-refractivity contribution in [3.05, 3.63) is 48.0 Å². The molecule has 0 saturated carbocycles. The summed E-state index contributed by atoms with van der Waals surface area (Å²) in [6, 6.07) is 7.72. The van der Waals surface area contributed by atoms with Crippen molar-refractivity contribution in [3.8, 4) is 11.8 Å². The van der Waals surface area contributed by atoms with Crippen LogP contribution in [-0.2, 0) is 0 Å². The van der Waals surface area contributed by atoms with Crippen LogP contribution in [0.4, 0.5) is 20.2 Å². The second-order valence-electron chi connectivity index (χ2n) is 5.71. The van der Waals surface area contributed by atoms with Gasteiger partial charge in [0.05, 0.1) is 11.0 Å². The van der Waals surface area contributed by atoms with Crippen molar-refractivity contribution >= 4 is 50.5 Å². The number of thiocarbonyl (C=S) groups is 1. The Morgan fingerprint density at radius 3 is 1.64 bits per heavy atom. The van der Waals surface area contributed by atoms with Crippen LogP contribution in [0.25, 0.3) is 21.8 Å². The molecular weight excluding hydrogens is 390 g/mol. The average molecular weight is 400 g/mol. The van der Waals surface area contributed by atoms with Gasteiger partial charge in [0.15, 0.2) is 11.4 Å². The first-order valence-corrected chi connectivity index (χ1v) is 8.21. The van der Waals surface area contributed by atoms with Crippen LogP contribution in [0, 0.1) is 11.6 Å². The van der Waals surface area contributed by atoms with Gasteiger partial charge >= 0.3 is 0 Å². The van der Waals surface area contributed by atoms with Crippen molar-refractivity contribution in [2.45, 2.75) is 0 Å². The van der Waals surface area contributed by atoms with E-state index >= 15 is 0 Å². The SMILES string of the molecule is Oc1[nH]c2ccc(F)cc2c1N=NC(=S)N=Nc1c(O)[nH]c2ccc(F)cc12. The average Bonchev–Trinajstić information content (AvgIpc) is 3.13. The predicted molar refractivity (Wildman–Crippen MR) is 101 cm³/mol. The van der Waals surface area contributed by atoms with Crippen LogP contribution >= 0.6 is 12.2 Å². The lowest BCUT2D eigenvalue weighted by Crippen LogP contribution is -1.79.